The van der Waals surface area contributed by atoms with Gasteiger partial charge in [0.2, 0.25) is 11.8 Å². The standard InChI is InChI=1S/C11H22N2O2/c1-3-5-7-13(8-6-4-2)11(15)9-10(12)14/h3-9H2,1-2H3,(H2,12,14). The Morgan fingerprint density at radius 2 is 1.53 bits per heavy atom. The lowest BCUT2D eigenvalue weighted by Gasteiger charge is -2.21. The number of hydrogen-bond acceptors (Lipinski definition) is 2. The predicted molar refractivity (Wildman–Crippen MR) is 60.2 cm³/mol. The van der Waals surface area contributed by atoms with Crippen LogP contribution in [-0.2, 0) is 9.59 Å². The van der Waals surface area contributed by atoms with E-state index in [9.17, 15) is 9.59 Å². The molecule has 0 fully saturated rings. The van der Waals surface area contributed by atoms with Gasteiger partial charge in [-0.1, -0.05) is 26.7 Å². The Kier molecular flexibility index (Phi) is 7.68. The summed E-state index contributed by atoms with van der Waals surface area (Å²) in [6.07, 6.45) is 3.90. The van der Waals surface area contributed by atoms with Crippen LogP contribution in [0, 0.1) is 0 Å². The molecular weight excluding hydrogens is 192 g/mol. The molecule has 0 saturated heterocycles. The number of amides is 2. The molecule has 0 heterocycles. The van der Waals surface area contributed by atoms with E-state index in [2.05, 4.69) is 13.8 Å². The van der Waals surface area contributed by atoms with Crippen molar-refractivity contribution in [1.82, 2.24) is 4.90 Å². The van der Waals surface area contributed by atoms with E-state index in [1.807, 2.05) is 0 Å². The second-order valence-electron chi connectivity index (χ2n) is 3.73. The number of rotatable bonds is 8. The third kappa shape index (κ3) is 6.94. The molecule has 0 radical (unpaired) electrons. The lowest BCUT2D eigenvalue weighted by Crippen LogP contribution is -2.35. The number of hydrogen-bond donors (Lipinski definition) is 1. The van der Waals surface area contributed by atoms with Crippen LogP contribution in [0.4, 0.5) is 0 Å². The van der Waals surface area contributed by atoms with Crippen molar-refractivity contribution in [3.05, 3.63) is 0 Å². The molecule has 2 N–H and O–H groups in total. The normalized spacial score (nSPS) is 10.0. The van der Waals surface area contributed by atoms with E-state index in [4.69, 9.17) is 5.73 Å². The van der Waals surface area contributed by atoms with Gasteiger partial charge in [0.05, 0.1) is 0 Å². The molecule has 0 aromatic carbocycles. The van der Waals surface area contributed by atoms with Crippen molar-refractivity contribution in [1.29, 1.82) is 0 Å². The minimum absolute atomic E-state index is 0.135. The zero-order valence-corrected chi connectivity index (χ0v) is 9.79. The molecule has 0 aliphatic carbocycles. The van der Waals surface area contributed by atoms with Crippen molar-refractivity contribution < 1.29 is 9.59 Å². The van der Waals surface area contributed by atoms with Gasteiger partial charge < -0.3 is 10.6 Å². The Hall–Kier alpha value is -1.06. The molecule has 0 bridgehead atoms. The summed E-state index contributed by atoms with van der Waals surface area (Å²) in [7, 11) is 0. The maximum atomic E-state index is 11.6. The van der Waals surface area contributed by atoms with Crippen molar-refractivity contribution in [3.8, 4) is 0 Å². The number of unbranched alkanes of at least 4 members (excludes halogenated alkanes) is 2. The zero-order valence-electron chi connectivity index (χ0n) is 9.79. The largest absolute Gasteiger partial charge is 0.369 e. The Morgan fingerprint density at radius 3 is 1.87 bits per heavy atom. The number of carbonyl (C=O) groups is 2. The van der Waals surface area contributed by atoms with Crippen LogP contribution in [0.3, 0.4) is 0 Å². The van der Waals surface area contributed by atoms with Crippen LogP contribution >= 0.6 is 0 Å². The molecule has 0 aromatic rings. The maximum Gasteiger partial charge on any atom is 0.231 e. The first-order chi connectivity index (χ1) is 7.11. The SMILES string of the molecule is CCCCN(CCCC)C(=O)CC(N)=O. The zero-order chi connectivity index (χ0) is 11.7. The second-order valence-corrected chi connectivity index (χ2v) is 3.73. The Bertz CT molecular complexity index is 197. The molecule has 0 spiro atoms. The topological polar surface area (TPSA) is 63.4 Å². The fourth-order valence-electron chi connectivity index (χ4n) is 1.32. The van der Waals surface area contributed by atoms with Crippen LogP contribution in [-0.4, -0.2) is 29.8 Å². The van der Waals surface area contributed by atoms with Crippen molar-refractivity contribution in [3.63, 3.8) is 0 Å². The Balaban J connectivity index is 4.07. The molecule has 0 rings (SSSR count). The molecule has 88 valence electrons. The smallest absolute Gasteiger partial charge is 0.231 e. The molecule has 0 aliphatic heterocycles. The molecule has 0 atom stereocenters. The summed E-state index contributed by atoms with van der Waals surface area (Å²) in [6, 6.07) is 0. The third-order valence-electron chi connectivity index (χ3n) is 2.24. The highest BCUT2D eigenvalue weighted by molar-refractivity contribution is 5.96. The van der Waals surface area contributed by atoms with Gasteiger partial charge in [0.15, 0.2) is 0 Å². The van der Waals surface area contributed by atoms with Gasteiger partial charge >= 0.3 is 0 Å². The molecular formula is C11H22N2O2. The third-order valence-corrected chi connectivity index (χ3v) is 2.24. The van der Waals surface area contributed by atoms with Gasteiger partial charge in [-0.25, -0.2) is 0 Å². The first-order valence-corrected chi connectivity index (χ1v) is 5.67. The average molecular weight is 214 g/mol. The van der Waals surface area contributed by atoms with Crippen LogP contribution in [0.25, 0.3) is 0 Å². The van der Waals surface area contributed by atoms with Crippen molar-refractivity contribution in [2.45, 2.75) is 46.0 Å². The van der Waals surface area contributed by atoms with Crippen molar-refractivity contribution in [2.75, 3.05) is 13.1 Å². The molecule has 4 heteroatoms. The van der Waals surface area contributed by atoms with Gasteiger partial charge in [0.1, 0.15) is 6.42 Å². The molecule has 0 aromatic heterocycles. The fourth-order valence-corrected chi connectivity index (χ4v) is 1.32. The number of primary amides is 1. The molecule has 15 heavy (non-hydrogen) atoms. The van der Waals surface area contributed by atoms with E-state index in [-0.39, 0.29) is 12.3 Å². The summed E-state index contributed by atoms with van der Waals surface area (Å²) in [6.45, 7) is 5.64. The Morgan fingerprint density at radius 1 is 1.07 bits per heavy atom. The summed E-state index contributed by atoms with van der Waals surface area (Å²) >= 11 is 0. The summed E-state index contributed by atoms with van der Waals surface area (Å²) in [4.78, 5) is 24.0. The van der Waals surface area contributed by atoms with Crippen molar-refractivity contribution in [2.24, 2.45) is 5.73 Å². The molecule has 0 aliphatic rings. The van der Waals surface area contributed by atoms with E-state index in [1.165, 1.54) is 0 Å². The second kappa shape index (κ2) is 8.26. The summed E-state index contributed by atoms with van der Waals surface area (Å²) in [5.41, 5.74) is 5.00. The van der Waals surface area contributed by atoms with E-state index in [0.717, 1.165) is 38.8 Å². The van der Waals surface area contributed by atoms with Gasteiger partial charge in [-0.3, -0.25) is 9.59 Å². The molecule has 2 amide bonds. The van der Waals surface area contributed by atoms with Crippen LogP contribution in [0.1, 0.15) is 46.0 Å². The summed E-state index contributed by atoms with van der Waals surface area (Å²) in [5, 5.41) is 0. The lowest BCUT2D eigenvalue weighted by atomic mass is 10.2. The number of carbonyl (C=O) groups excluding carboxylic acids is 2. The monoisotopic (exact) mass is 214 g/mol. The first-order valence-electron chi connectivity index (χ1n) is 5.67. The predicted octanol–water partition coefficient (Wildman–Crippen LogP) is 1.29. The van der Waals surface area contributed by atoms with Gasteiger partial charge in [0, 0.05) is 13.1 Å². The molecule has 4 nitrogen and oxygen atoms in total. The van der Waals surface area contributed by atoms with E-state index in [1.54, 1.807) is 4.90 Å². The highest BCUT2D eigenvalue weighted by Crippen LogP contribution is 2.01. The summed E-state index contributed by atoms with van der Waals surface area (Å²) < 4.78 is 0. The number of nitrogens with two attached hydrogens (primary N) is 1. The van der Waals surface area contributed by atoms with Crippen LogP contribution in [0.15, 0.2) is 0 Å². The van der Waals surface area contributed by atoms with Crippen LogP contribution < -0.4 is 5.73 Å². The van der Waals surface area contributed by atoms with E-state index >= 15 is 0 Å². The van der Waals surface area contributed by atoms with Gasteiger partial charge in [0.25, 0.3) is 0 Å². The quantitative estimate of drug-likeness (QED) is 0.619. The van der Waals surface area contributed by atoms with Crippen molar-refractivity contribution >= 4 is 11.8 Å². The average Bonchev–Trinajstić information content (AvgIpc) is 2.17. The van der Waals surface area contributed by atoms with E-state index in [0.29, 0.717) is 0 Å². The minimum atomic E-state index is -0.544. The molecule has 0 saturated carbocycles. The minimum Gasteiger partial charge on any atom is -0.369 e. The number of nitrogens with zero attached hydrogens (tertiary/aromatic N) is 1. The molecule has 0 unspecified atom stereocenters. The maximum absolute atomic E-state index is 11.6. The highest BCUT2D eigenvalue weighted by atomic mass is 16.2. The highest BCUT2D eigenvalue weighted by Gasteiger charge is 2.14. The first kappa shape index (κ1) is 13.9. The van der Waals surface area contributed by atoms with Crippen LogP contribution in [0.5, 0.6) is 0 Å². The fraction of sp³-hybridized carbons (Fsp3) is 0.818. The van der Waals surface area contributed by atoms with Gasteiger partial charge in [-0.15, -0.1) is 0 Å². The van der Waals surface area contributed by atoms with E-state index < -0.39 is 5.91 Å². The lowest BCUT2D eigenvalue weighted by molar-refractivity contribution is -0.135. The van der Waals surface area contributed by atoms with Gasteiger partial charge in [-0.2, -0.15) is 0 Å². The van der Waals surface area contributed by atoms with Gasteiger partial charge in [-0.05, 0) is 12.8 Å². The van der Waals surface area contributed by atoms with Crippen LogP contribution in [0.2, 0.25) is 0 Å². The Labute approximate surface area is 91.8 Å². The summed E-state index contributed by atoms with van der Waals surface area (Å²) in [5.74, 6) is -0.678.